The molecular formula is C22H18IN5O4. The molecule has 0 aliphatic rings. The number of benzene rings is 2. The lowest BCUT2D eigenvalue weighted by Crippen LogP contribution is -2.14. The maximum absolute atomic E-state index is 12.7. The van der Waals surface area contributed by atoms with Crippen molar-refractivity contribution in [3.8, 4) is 16.9 Å². The molecule has 10 heteroatoms. The molecule has 0 aliphatic carbocycles. The number of ether oxygens (including phenoxy) is 1. The van der Waals surface area contributed by atoms with E-state index in [1.807, 2.05) is 54.6 Å². The highest BCUT2D eigenvalue weighted by atomic mass is 127. The van der Waals surface area contributed by atoms with E-state index in [0.29, 0.717) is 5.82 Å². The predicted molar refractivity (Wildman–Crippen MR) is 126 cm³/mol. The third-order valence-corrected chi connectivity index (χ3v) is 5.55. The number of aryl methyl sites for hydroxylation is 1. The van der Waals surface area contributed by atoms with Crippen LogP contribution in [0.15, 0.2) is 66.9 Å². The zero-order valence-electron chi connectivity index (χ0n) is 17.0. The SMILES string of the molecule is Cc1ncc([N+](=O)[O-])n1CCOC(=O)c1cc(-c2ccc(I)cc2)n(-c2ccccc2)n1. The first-order valence-electron chi connectivity index (χ1n) is 9.69. The van der Waals surface area contributed by atoms with Gasteiger partial charge >= 0.3 is 11.8 Å². The zero-order chi connectivity index (χ0) is 22.7. The number of esters is 1. The van der Waals surface area contributed by atoms with Gasteiger partial charge in [-0.3, -0.25) is 0 Å². The van der Waals surface area contributed by atoms with Crippen LogP contribution in [0.2, 0.25) is 0 Å². The summed E-state index contributed by atoms with van der Waals surface area (Å²) >= 11 is 2.23. The second kappa shape index (κ2) is 9.30. The van der Waals surface area contributed by atoms with Gasteiger partial charge in [-0.05, 0) is 57.8 Å². The van der Waals surface area contributed by atoms with E-state index in [0.717, 1.165) is 20.5 Å². The number of nitro groups is 1. The van der Waals surface area contributed by atoms with Crippen molar-refractivity contribution >= 4 is 34.4 Å². The molecule has 2 aromatic heterocycles. The number of hydrogen-bond donors (Lipinski definition) is 0. The highest BCUT2D eigenvalue weighted by Gasteiger charge is 2.20. The van der Waals surface area contributed by atoms with Crippen LogP contribution in [0.3, 0.4) is 0 Å². The van der Waals surface area contributed by atoms with Gasteiger partial charge in [0.05, 0.1) is 11.4 Å². The average molecular weight is 543 g/mol. The molecule has 4 aromatic rings. The first kappa shape index (κ1) is 21.7. The van der Waals surface area contributed by atoms with Crippen LogP contribution < -0.4 is 0 Å². The van der Waals surface area contributed by atoms with E-state index in [-0.39, 0.29) is 24.7 Å². The summed E-state index contributed by atoms with van der Waals surface area (Å²) < 4.78 is 9.55. The minimum absolute atomic E-state index is 0.0477. The predicted octanol–water partition coefficient (Wildman–Crippen LogP) is 4.41. The Labute approximate surface area is 196 Å². The van der Waals surface area contributed by atoms with E-state index < -0.39 is 10.9 Å². The lowest BCUT2D eigenvalue weighted by atomic mass is 10.1. The van der Waals surface area contributed by atoms with Gasteiger partial charge in [0, 0.05) is 16.1 Å². The third-order valence-electron chi connectivity index (χ3n) is 4.83. The van der Waals surface area contributed by atoms with Crippen LogP contribution >= 0.6 is 22.6 Å². The lowest BCUT2D eigenvalue weighted by molar-refractivity contribution is -0.392. The number of nitrogens with zero attached hydrogens (tertiary/aromatic N) is 5. The van der Waals surface area contributed by atoms with Crippen molar-refractivity contribution in [1.29, 1.82) is 0 Å². The molecule has 9 nitrogen and oxygen atoms in total. The number of para-hydroxylation sites is 1. The Kier molecular flexibility index (Phi) is 6.30. The minimum atomic E-state index is -0.605. The van der Waals surface area contributed by atoms with Gasteiger partial charge in [0.15, 0.2) is 11.5 Å². The van der Waals surface area contributed by atoms with E-state index in [1.165, 1.54) is 10.8 Å². The molecule has 0 radical (unpaired) electrons. The number of aromatic nitrogens is 4. The average Bonchev–Trinajstić information content (AvgIpc) is 3.39. The van der Waals surface area contributed by atoms with E-state index in [4.69, 9.17) is 4.74 Å². The number of carbonyl (C=O) groups is 1. The van der Waals surface area contributed by atoms with Crippen LogP contribution in [0, 0.1) is 20.6 Å². The summed E-state index contributed by atoms with van der Waals surface area (Å²) in [4.78, 5) is 27.2. The molecule has 0 fully saturated rings. The molecule has 0 amide bonds. The van der Waals surface area contributed by atoms with E-state index >= 15 is 0 Å². The summed E-state index contributed by atoms with van der Waals surface area (Å²) in [5.41, 5.74) is 2.62. The molecule has 0 atom stereocenters. The van der Waals surface area contributed by atoms with Crippen molar-refractivity contribution in [2.75, 3.05) is 6.61 Å². The minimum Gasteiger partial charge on any atom is -0.457 e. The van der Waals surface area contributed by atoms with Crippen LogP contribution in [0.25, 0.3) is 16.9 Å². The summed E-state index contributed by atoms with van der Waals surface area (Å²) in [6, 6.07) is 19.1. The number of hydrogen-bond acceptors (Lipinski definition) is 6. The Bertz CT molecular complexity index is 1270. The van der Waals surface area contributed by atoms with Crippen molar-refractivity contribution in [2.24, 2.45) is 0 Å². The quantitative estimate of drug-likeness (QED) is 0.148. The molecule has 0 saturated heterocycles. The Balaban J connectivity index is 1.57. The summed E-state index contributed by atoms with van der Waals surface area (Å²) in [6.07, 6.45) is 1.19. The molecule has 4 rings (SSSR count). The normalized spacial score (nSPS) is 10.8. The highest BCUT2D eigenvalue weighted by Crippen LogP contribution is 2.25. The van der Waals surface area contributed by atoms with Crippen molar-refractivity contribution in [3.05, 3.63) is 92.1 Å². The maximum Gasteiger partial charge on any atom is 0.359 e. The molecule has 2 aromatic carbocycles. The standard InChI is InChI=1S/C22H18IN5O4/c1-15-24-14-21(28(30)31)26(15)11-12-32-22(29)19-13-20(16-7-9-17(23)10-8-16)27(25-19)18-5-3-2-4-6-18/h2-10,13-14H,11-12H2,1H3. The van der Waals surface area contributed by atoms with Crippen LogP contribution in [0.4, 0.5) is 5.82 Å². The van der Waals surface area contributed by atoms with Crippen molar-refractivity contribution in [3.63, 3.8) is 0 Å². The van der Waals surface area contributed by atoms with Crippen molar-refractivity contribution in [1.82, 2.24) is 19.3 Å². The molecule has 0 saturated carbocycles. The molecule has 2 heterocycles. The largest absolute Gasteiger partial charge is 0.457 e. The molecule has 0 bridgehead atoms. The first-order chi connectivity index (χ1) is 15.4. The number of imidazole rings is 1. The number of rotatable bonds is 7. The molecule has 0 N–H and O–H groups in total. The Morgan fingerprint density at radius 1 is 1.16 bits per heavy atom. The lowest BCUT2D eigenvalue weighted by Gasteiger charge is -2.07. The summed E-state index contributed by atoms with van der Waals surface area (Å²) in [5, 5.41) is 15.6. The van der Waals surface area contributed by atoms with Gasteiger partial charge in [-0.1, -0.05) is 30.3 Å². The fraction of sp³-hybridized carbons (Fsp3) is 0.136. The first-order valence-corrected chi connectivity index (χ1v) is 10.8. The Morgan fingerprint density at radius 3 is 2.56 bits per heavy atom. The van der Waals surface area contributed by atoms with Crippen LogP contribution in [0.1, 0.15) is 16.3 Å². The molecule has 32 heavy (non-hydrogen) atoms. The fourth-order valence-corrected chi connectivity index (χ4v) is 3.61. The van der Waals surface area contributed by atoms with Gasteiger partial charge < -0.3 is 14.9 Å². The van der Waals surface area contributed by atoms with Crippen molar-refractivity contribution in [2.45, 2.75) is 13.5 Å². The van der Waals surface area contributed by atoms with Gasteiger partial charge in [0.1, 0.15) is 19.3 Å². The highest BCUT2D eigenvalue weighted by molar-refractivity contribution is 14.1. The van der Waals surface area contributed by atoms with Crippen LogP contribution in [-0.4, -0.2) is 36.8 Å². The zero-order valence-corrected chi connectivity index (χ0v) is 19.2. The molecule has 0 unspecified atom stereocenters. The fourth-order valence-electron chi connectivity index (χ4n) is 3.26. The van der Waals surface area contributed by atoms with Gasteiger partial charge in [0.25, 0.3) is 0 Å². The monoisotopic (exact) mass is 543 g/mol. The second-order valence-electron chi connectivity index (χ2n) is 6.88. The Morgan fingerprint density at radius 2 is 1.88 bits per heavy atom. The number of carbonyl (C=O) groups excluding carboxylic acids is 1. The van der Waals surface area contributed by atoms with Gasteiger partial charge in [-0.2, -0.15) is 5.10 Å². The van der Waals surface area contributed by atoms with Gasteiger partial charge in [0.2, 0.25) is 0 Å². The van der Waals surface area contributed by atoms with E-state index in [2.05, 4.69) is 32.7 Å². The van der Waals surface area contributed by atoms with Gasteiger partial charge in [-0.25, -0.2) is 19.0 Å². The van der Waals surface area contributed by atoms with E-state index in [1.54, 1.807) is 17.7 Å². The second-order valence-corrected chi connectivity index (χ2v) is 8.12. The van der Waals surface area contributed by atoms with Crippen molar-refractivity contribution < 1.29 is 14.5 Å². The summed E-state index contributed by atoms with van der Waals surface area (Å²) in [6.45, 7) is 1.73. The smallest absolute Gasteiger partial charge is 0.359 e. The molecule has 0 aliphatic heterocycles. The van der Waals surface area contributed by atoms with Gasteiger partial charge in [-0.15, -0.1) is 0 Å². The Hall–Kier alpha value is -3.54. The molecule has 0 spiro atoms. The topological polar surface area (TPSA) is 105 Å². The summed E-state index contributed by atoms with van der Waals surface area (Å²) in [7, 11) is 0. The molecule has 162 valence electrons. The molecular weight excluding hydrogens is 525 g/mol. The van der Waals surface area contributed by atoms with E-state index in [9.17, 15) is 14.9 Å². The third kappa shape index (κ3) is 4.54. The van der Waals surface area contributed by atoms with Crippen LogP contribution in [-0.2, 0) is 11.3 Å². The number of halogens is 1. The summed E-state index contributed by atoms with van der Waals surface area (Å²) in [5.74, 6) is -0.276. The van der Waals surface area contributed by atoms with Crippen LogP contribution in [0.5, 0.6) is 0 Å². The maximum atomic E-state index is 12.7.